The Morgan fingerprint density at radius 1 is 1.09 bits per heavy atom. The van der Waals surface area contributed by atoms with Crippen molar-refractivity contribution in [3.8, 4) is 17.0 Å². The van der Waals surface area contributed by atoms with Crippen LogP contribution in [0.3, 0.4) is 0 Å². The average molecular weight is 445 g/mol. The monoisotopic (exact) mass is 444 g/mol. The van der Waals surface area contributed by atoms with Gasteiger partial charge in [-0.25, -0.2) is 0 Å². The van der Waals surface area contributed by atoms with E-state index in [0.717, 1.165) is 55.5 Å². The summed E-state index contributed by atoms with van der Waals surface area (Å²) in [5, 5.41) is 11.3. The number of amides is 1. The molecule has 7 nitrogen and oxygen atoms in total. The standard InChI is InChI=1S/C26H28N4O3/c31-26(27-16-21-3-1-2-4-25(21)30-11-13-32-14-12-30)22-15-24(29-28-17-22)20-7-9-23(10-8-20)33-18-19-5-6-19/h1-4,7-10,15,17,19H,5-6,11-14,16,18H2,(H,27,31). The Bertz CT molecular complexity index is 1090. The van der Waals surface area contributed by atoms with Crippen LogP contribution in [0.5, 0.6) is 5.75 Å². The van der Waals surface area contributed by atoms with E-state index in [1.165, 1.54) is 19.0 Å². The molecule has 0 unspecified atom stereocenters. The second-order valence-corrected chi connectivity index (χ2v) is 8.52. The van der Waals surface area contributed by atoms with Gasteiger partial charge in [-0.2, -0.15) is 10.2 Å². The van der Waals surface area contributed by atoms with Crippen molar-refractivity contribution in [2.24, 2.45) is 5.92 Å². The Morgan fingerprint density at radius 2 is 1.88 bits per heavy atom. The fourth-order valence-corrected chi connectivity index (χ4v) is 3.90. The fraction of sp³-hybridized carbons (Fsp3) is 0.346. The van der Waals surface area contributed by atoms with Crippen LogP contribution in [-0.4, -0.2) is 49.0 Å². The van der Waals surface area contributed by atoms with E-state index in [9.17, 15) is 4.79 Å². The Labute approximate surface area is 193 Å². The highest BCUT2D eigenvalue weighted by Crippen LogP contribution is 2.30. The summed E-state index contributed by atoms with van der Waals surface area (Å²) < 4.78 is 11.3. The number of hydrogen-bond acceptors (Lipinski definition) is 6. The second kappa shape index (κ2) is 10.0. The molecule has 170 valence electrons. The van der Waals surface area contributed by atoms with Crippen molar-refractivity contribution in [2.75, 3.05) is 37.8 Å². The van der Waals surface area contributed by atoms with Crippen LogP contribution >= 0.6 is 0 Å². The molecule has 2 heterocycles. The molecule has 7 heteroatoms. The van der Waals surface area contributed by atoms with E-state index in [0.29, 0.717) is 23.7 Å². The van der Waals surface area contributed by atoms with Crippen molar-refractivity contribution >= 4 is 11.6 Å². The van der Waals surface area contributed by atoms with Crippen molar-refractivity contribution in [3.05, 3.63) is 71.9 Å². The van der Waals surface area contributed by atoms with Crippen LogP contribution in [0.1, 0.15) is 28.8 Å². The van der Waals surface area contributed by atoms with Crippen LogP contribution in [0.25, 0.3) is 11.3 Å². The van der Waals surface area contributed by atoms with E-state index in [-0.39, 0.29) is 5.91 Å². The third kappa shape index (κ3) is 5.49. The number of benzene rings is 2. The van der Waals surface area contributed by atoms with Crippen molar-refractivity contribution < 1.29 is 14.3 Å². The number of carbonyl (C=O) groups excluding carboxylic acids is 1. The molecule has 0 bridgehead atoms. The van der Waals surface area contributed by atoms with Gasteiger partial charge >= 0.3 is 0 Å². The highest BCUT2D eigenvalue weighted by atomic mass is 16.5. The predicted octanol–water partition coefficient (Wildman–Crippen LogP) is 3.70. The van der Waals surface area contributed by atoms with Crippen molar-refractivity contribution in [2.45, 2.75) is 19.4 Å². The summed E-state index contributed by atoms with van der Waals surface area (Å²) in [4.78, 5) is 15.2. The summed E-state index contributed by atoms with van der Waals surface area (Å²) in [7, 11) is 0. The fourth-order valence-electron chi connectivity index (χ4n) is 3.90. The smallest absolute Gasteiger partial charge is 0.253 e. The van der Waals surface area contributed by atoms with Crippen LogP contribution < -0.4 is 15.0 Å². The lowest BCUT2D eigenvalue weighted by Gasteiger charge is -2.30. The summed E-state index contributed by atoms with van der Waals surface area (Å²) in [6, 6.07) is 17.7. The summed E-state index contributed by atoms with van der Waals surface area (Å²) >= 11 is 0. The van der Waals surface area contributed by atoms with Gasteiger partial charge < -0.3 is 19.7 Å². The number of anilines is 1. The number of rotatable bonds is 8. The van der Waals surface area contributed by atoms with Crippen LogP contribution in [-0.2, 0) is 11.3 Å². The first-order valence-corrected chi connectivity index (χ1v) is 11.5. The highest BCUT2D eigenvalue weighted by molar-refractivity contribution is 5.94. The quantitative estimate of drug-likeness (QED) is 0.571. The van der Waals surface area contributed by atoms with Gasteiger partial charge in [-0.1, -0.05) is 18.2 Å². The number of carbonyl (C=O) groups is 1. The molecule has 2 aliphatic rings. The van der Waals surface area contributed by atoms with Gasteiger partial charge in [0.05, 0.1) is 37.3 Å². The van der Waals surface area contributed by atoms with Gasteiger partial charge in [0.25, 0.3) is 5.91 Å². The third-order valence-electron chi connectivity index (χ3n) is 6.03. The first-order chi connectivity index (χ1) is 16.3. The van der Waals surface area contributed by atoms with E-state index in [4.69, 9.17) is 9.47 Å². The number of morpholine rings is 1. The predicted molar refractivity (Wildman–Crippen MR) is 126 cm³/mol. The molecule has 1 N–H and O–H groups in total. The third-order valence-corrected chi connectivity index (χ3v) is 6.03. The normalized spacial score (nSPS) is 15.8. The molecule has 1 saturated carbocycles. The van der Waals surface area contributed by atoms with E-state index >= 15 is 0 Å². The van der Waals surface area contributed by atoms with Gasteiger partial charge in [0.1, 0.15) is 5.75 Å². The topological polar surface area (TPSA) is 76.6 Å². The van der Waals surface area contributed by atoms with Crippen LogP contribution in [0, 0.1) is 5.92 Å². The molecule has 2 aromatic carbocycles. The lowest BCUT2D eigenvalue weighted by atomic mass is 10.1. The molecular weight excluding hydrogens is 416 g/mol. The molecule has 33 heavy (non-hydrogen) atoms. The zero-order valence-corrected chi connectivity index (χ0v) is 18.6. The number of nitrogens with zero attached hydrogens (tertiary/aromatic N) is 3. The van der Waals surface area contributed by atoms with Crippen LogP contribution in [0.15, 0.2) is 60.8 Å². The number of ether oxygens (including phenoxy) is 2. The molecule has 2 fully saturated rings. The Balaban J connectivity index is 1.23. The van der Waals surface area contributed by atoms with Gasteiger partial charge in [-0.3, -0.25) is 4.79 Å². The van der Waals surface area contributed by atoms with E-state index in [1.54, 1.807) is 6.07 Å². The summed E-state index contributed by atoms with van der Waals surface area (Å²) in [5.74, 6) is 1.39. The number of hydrogen-bond donors (Lipinski definition) is 1. The molecule has 1 aromatic heterocycles. The lowest BCUT2D eigenvalue weighted by molar-refractivity contribution is 0.0950. The maximum atomic E-state index is 12.9. The van der Waals surface area contributed by atoms with Crippen molar-refractivity contribution in [1.82, 2.24) is 15.5 Å². The average Bonchev–Trinajstić information content (AvgIpc) is 3.72. The SMILES string of the molecule is O=C(NCc1ccccc1N1CCOCC1)c1cnnc(-c2ccc(OCC3CC3)cc2)c1. The van der Waals surface area contributed by atoms with Crippen molar-refractivity contribution in [3.63, 3.8) is 0 Å². The minimum Gasteiger partial charge on any atom is -0.493 e. The summed E-state index contributed by atoms with van der Waals surface area (Å²) in [6.45, 7) is 4.38. The Kier molecular flexibility index (Phi) is 6.48. The van der Waals surface area contributed by atoms with Crippen LogP contribution in [0.4, 0.5) is 5.69 Å². The molecule has 0 atom stereocenters. The first kappa shape index (κ1) is 21.4. The molecule has 5 rings (SSSR count). The van der Waals surface area contributed by atoms with Gasteiger partial charge in [0.2, 0.25) is 0 Å². The van der Waals surface area contributed by atoms with Gasteiger partial charge in [0.15, 0.2) is 0 Å². The van der Waals surface area contributed by atoms with Gasteiger partial charge in [0, 0.05) is 30.9 Å². The number of para-hydroxylation sites is 1. The molecule has 1 aliphatic carbocycles. The maximum Gasteiger partial charge on any atom is 0.253 e. The molecule has 0 radical (unpaired) electrons. The van der Waals surface area contributed by atoms with Gasteiger partial charge in [-0.05, 0) is 60.7 Å². The molecular formula is C26H28N4O3. The minimum atomic E-state index is -0.174. The number of aromatic nitrogens is 2. The number of nitrogens with one attached hydrogen (secondary N) is 1. The van der Waals surface area contributed by atoms with Gasteiger partial charge in [-0.15, -0.1) is 0 Å². The van der Waals surface area contributed by atoms with E-state index in [1.807, 2.05) is 42.5 Å². The minimum absolute atomic E-state index is 0.174. The summed E-state index contributed by atoms with van der Waals surface area (Å²) in [6.07, 6.45) is 4.03. The highest BCUT2D eigenvalue weighted by Gasteiger charge is 2.22. The first-order valence-electron chi connectivity index (χ1n) is 11.5. The lowest BCUT2D eigenvalue weighted by Crippen LogP contribution is -2.37. The zero-order valence-electron chi connectivity index (χ0n) is 18.6. The molecule has 0 spiro atoms. The molecule has 1 saturated heterocycles. The Hall–Kier alpha value is -3.45. The molecule has 3 aromatic rings. The van der Waals surface area contributed by atoms with E-state index in [2.05, 4.69) is 26.5 Å². The maximum absolute atomic E-state index is 12.9. The van der Waals surface area contributed by atoms with Crippen molar-refractivity contribution in [1.29, 1.82) is 0 Å². The van der Waals surface area contributed by atoms with Crippen LogP contribution in [0.2, 0.25) is 0 Å². The molecule has 1 amide bonds. The van der Waals surface area contributed by atoms with E-state index < -0.39 is 0 Å². The summed E-state index contributed by atoms with van der Waals surface area (Å²) in [5.41, 5.74) is 4.26. The molecule has 1 aliphatic heterocycles. The second-order valence-electron chi connectivity index (χ2n) is 8.52. The largest absolute Gasteiger partial charge is 0.493 e. The zero-order chi connectivity index (χ0) is 22.5. The Morgan fingerprint density at radius 3 is 2.67 bits per heavy atom.